The molecule has 0 N–H and O–H groups in total. The smallest absolute Gasteiger partial charge is 0.202 e. The van der Waals surface area contributed by atoms with Crippen molar-refractivity contribution in [1.82, 2.24) is 24.6 Å². The molecular weight excluding hydrogens is 330 g/mol. The van der Waals surface area contributed by atoms with E-state index in [1.165, 1.54) is 22.7 Å². The number of pyridine rings is 1. The molecule has 4 rings (SSSR count). The van der Waals surface area contributed by atoms with Crippen LogP contribution in [0.4, 0.5) is 0 Å². The zero-order valence-corrected chi connectivity index (χ0v) is 14.1. The fourth-order valence-corrected chi connectivity index (χ4v) is 3.78. The minimum atomic E-state index is 0.425. The highest BCUT2D eigenvalue weighted by Gasteiger charge is 2.13. The molecule has 7 heteroatoms. The van der Waals surface area contributed by atoms with Gasteiger partial charge in [-0.3, -0.25) is 4.40 Å². The molecule has 0 aliphatic carbocycles. The van der Waals surface area contributed by atoms with Gasteiger partial charge in [-0.15, -0.1) is 10.2 Å². The molecule has 0 atom stereocenters. The van der Waals surface area contributed by atoms with Gasteiger partial charge >= 0.3 is 0 Å². The molecule has 0 amide bonds. The van der Waals surface area contributed by atoms with Gasteiger partial charge in [0.1, 0.15) is 16.0 Å². The van der Waals surface area contributed by atoms with Crippen LogP contribution in [0.15, 0.2) is 46.6 Å². The van der Waals surface area contributed by atoms with Crippen molar-refractivity contribution in [3.8, 4) is 0 Å². The van der Waals surface area contributed by atoms with Gasteiger partial charge in [0.15, 0.2) is 5.65 Å². The zero-order chi connectivity index (χ0) is 16.0. The third-order valence-corrected chi connectivity index (χ3v) is 4.61. The van der Waals surface area contributed by atoms with Crippen LogP contribution in [0.5, 0.6) is 0 Å². The van der Waals surface area contributed by atoms with Crippen LogP contribution in [0.2, 0.25) is 5.15 Å². The zero-order valence-electron chi connectivity index (χ0n) is 12.5. The lowest BCUT2D eigenvalue weighted by Crippen LogP contribution is -1.94. The fraction of sp³-hybridized carbons (Fsp3) is 0.125. The van der Waals surface area contributed by atoms with Crippen LogP contribution in [-0.2, 0) is 0 Å². The van der Waals surface area contributed by atoms with E-state index in [0.29, 0.717) is 11.0 Å². The number of fused-ring (bicyclic) bond motifs is 3. The summed E-state index contributed by atoms with van der Waals surface area (Å²) in [5, 5.41) is 11.7. The molecule has 0 saturated heterocycles. The van der Waals surface area contributed by atoms with Crippen LogP contribution in [0.1, 0.15) is 11.4 Å². The van der Waals surface area contributed by atoms with Crippen molar-refractivity contribution < 1.29 is 0 Å². The van der Waals surface area contributed by atoms with Crippen LogP contribution in [0.3, 0.4) is 0 Å². The summed E-state index contributed by atoms with van der Waals surface area (Å²) >= 11 is 7.44. The highest BCUT2D eigenvalue weighted by atomic mass is 35.5. The summed E-state index contributed by atoms with van der Waals surface area (Å²) < 4.78 is 2.04. The molecule has 3 aromatic heterocycles. The highest BCUT2D eigenvalue weighted by Crippen LogP contribution is 2.30. The third-order valence-electron chi connectivity index (χ3n) is 3.55. The molecule has 0 unspecified atom stereocenters. The third kappa shape index (κ3) is 2.54. The van der Waals surface area contributed by atoms with E-state index in [1.807, 2.05) is 29.5 Å². The minimum Gasteiger partial charge on any atom is -0.270 e. The van der Waals surface area contributed by atoms with Gasteiger partial charge in [0.05, 0.1) is 5.52 Å². The number of benzene rings is 1. The number of para-hydroxylation sites is 1. The molecular formula is C16H12ClN5S. The molecule has 0 bridgehead atoms. The van der Waals surface area contributed by atoms with Crippen LogP contribution >= 0.6 is 23.4 Å². The Morgan fingerprint density at radius 1 is 1.04 bits per heavy atom. The normalized spacial score (nSPS) is 11.4. The molecule has 0 saturated carbocycles. The van der Waals surface area contributed by atoms with Gasteiger partial charge in [0.25, 0.3) is 0 Å². The first-order valence-electron chi connectivity index (χ1n) is 7.04. The molecule has 0 radical (unpaired) electrons. The molecule has 0 spiro atoms. The van der Waals surface area contributed by atoms with Gasteiger partial charge in [0.2, 0.25) is 5.16 Å². The monoisotopic (exact) mass is 341 g/mol. The van der Waals surface area contributed by atoms with Crippen molar-refractivity contribution in [3.05, 3.63) is 52.9 Å². The Morgan fingerprint density at radius 2 is 1.87 bits per heavy atom. The number of aryl methyl sites for hydroxylation is 2. The quantitative estimate of drug-likeness (QED) is 0.514. The van der Waals surface area contributed by atoms with Crippen molar-refractivity contribution in [2.75, 3.05) is 0 Å². The second-order valence-electron chi connectivity index (χ2n) is 5.20. The largest absolute Gasteiger partial charge is 0.270 e. The Bertz CT molecular complexity index is 1020. The maximum Gasteiger partial charge on any atom is 0.202 e. The lowest BCUT2D eigenvalue weighted by Gasteiger charge is -2.07. The van der Waals surface area contributed by atoms with Crippen molar-refractivity contribution in [1.29, 1.82) is 0 Å². The van der Waals surface area contributed by atoms with E-state index < -0.39 is 0 Å². The molecule has 0 aliphatic heterocycles. The van der Waals surface area contributed by atoms with Crippen LogP contribution in [0.25, 0.3) is 16.6 Å². The number of rotatable bonds is 2. The summed E-state index contributed by atoms with van der Waals surface area (Å²) in [5.74, 6) is 0.634. The van der Waals surface area contributed by atoms with Crippen LogP contribution < -0.4 is 0 Å². The first kappa shape index (κ1) is 14.4. The van der Waals surface area contributed by atoms with Gasteiger partial charge in [-0.2, -0.15) is 0 Å². The standard InChI is InChI=1S/C16H12ClN5S/c1-9-7-14-20-21-16(22(14)12-6-4-3-5-11(9)12)23-15-8-13(17)18-10(2)19-15/h3-8H,1-2H3. The number of hydrogen-bond donors (Lipinski definition) is 0. The Labute approximate surface area is 141 Å². The topological polar surface area (TPSA) is 56.0 Å². The van der Waals surface area contributed by atoms with Crippen molar-refractivity contribution in [2.24, 2.45) is 0 Å². The van der Waals surface area contributed by atoms with E-state index in [4.69, 9.17) is 11.6 Å². The average molecular weight is 342 g/mol. The van der Waals surface area contributed by atoms with Gasteiger partial charge in [0, 0.05) is 11.5 Å². The molecule has 3 heterocycles. The summed E-state index contributed by atoms with van der Waals surface area (Å²) in [6.45, 7) is 3.90. The van der Waals surface area contributed by atoms with E-state index >= 15 is 0 Å². The van der Waals surface area contributed by atoms with Gasteiger partial charge in [-0.25, -0.2) is 9.97 Å². The van der Waals surface area contributed by atoms with Crippen LogP contribution in [-0.4, -0.2) is 24.6 Å². The van der Waals surface area contributed by atoms with Gasteiger partial charge < -0.3 is 0 Å². The molecule has 1 aromatic carbocycles. The summed E-state index contributed by atoms with van der Waals surface area (Å²) in [7, 11) is 0. The average Bonchev–Trinajstić information content (AvgIpc) is 2.89. The second-order valence-corrected chi connectivity index (χ2v) is 6.57. The first-order chi connectivity index (χ1) is 11.1. The summed E-state index contributed by atoms with van der Waals surface area (Å²) in [4.78, 5) is 8.49. The number of aromatic nitrogens is 5. The van der Waals surface area contributed by atoms with Gasteiger partial charge in [-0.1, -0.05) is 29.8 Å². The fourth-order valence-electron chi connectivity index (χ4n) is 2.59. The van der Waals surface area contributed by atoms with E-state index in [-0.39, 0.29) is 0 Å². The predicted octanol–water partition coefficient (Wildman–Crippen LogP) is 4.09. The van der Waals surface area contributed by atoms with E-state index in [2.05, 4.69) is 39.2 Å². The van der Waals surface area contributed by atoms with E-state index in [9.17, 15) is 0 Å². The molecule has 0 fully saturated rings. The van der Waals surface area contributed by atoms with Crippen molar-refractivity contribution in [3.63, 3.8) is 0 Å². The SMILES string of the molecule is Cc1nc(Cl)cc(Sc2nnc3cc(C)c4ccccc4n23)n1. The molecule has 23 heavy (non-hydrogen) atoms. The Hall–Kier alpha value is -2.18. The maximum atomic E-state index is 6.02. The molecule has 114 valence electrons. The molecule has 0 aliphatic rings. The first-order valence-corrected chi connectivity index (χ1v) is 8.24. The second kappa shape index (κ2) is 5.47. The number of nitrogens with zero attached hydrogens (tertiary/aromatic N) is 5. The van der Waals surface area contributed by atoms with Gasteiger partial charge in [-0.05, 0) is 43.3 Å². The highest BCUT2D eigenvalue weighted by molar-refractivity contribution is 7.99. The Morgan fingerprint density at radius 3 is 2.70 bits per heavy atom. The lowest BCUT2D eigenvalue weighted by atomic mass is 10.1. The predicted molar refractivity (Wildman–Crippen MR) is 91.1 cm³/mol. The summed E-state index contributed by atoms with van der Waals surface area (Å²) in [6.07, 6.45) is 0. The lowest BCUT2D eigenvalue weighted by molar-refractivity contribution is 0.922. The van der Waals surface area contributed by atoms with E-state index in [1.54, 1.807) is 6.07 Å². The Kier molecular flexibility index (Phi) is 3.43. The summed E-state index contributed by atoms with van der Waals surface area (Å²) in [5.41, 5.74) is 3.07. The Balaban J connectivity index is 1.92. The number of halogens is 1. The minimum absolute atomic E-state index is 0.425. The van der Waals surface area contributed by atoms with Crippen LogP contribution in [0, 0.1) is 13.8 Å². The maximum absolute atomic E-state index is 6.02. The molecule has 5 nitrogen and oxygen atoms in total. The number of hydrogen-bond acceptors (Lipinski definition) is 5. The van der Waals surface area contributed by atoms with Crippen molar-refractivity contribution >= 4 is 39.9 Å². The molecule has 4 aromatic rings. The summed E-state index contributed by atoms with van der Waals surface area (Å²) in [6, 6.07) is 12.0. The van der Waals surface area contributed by atoms with Crippen molar-refractivity contribution in [2.45, 2.75) is 24.0 Å². The van der Waals surface area contributed by atoms with E-state index in [0.717, 1.165) is 21.3 Å².